The van der Waals surface area contributed by atoms with Gasteiger partial charge >= 0.3 is 0 Å². The number of alkyl halides is 1. The number of ether oxygens (including phenoxy) is 1. The largest absolute Gasteiger partial charge is 0.494 e. The smallest absolute Gasteiger partial charge is 0.119 e. The van der Waals surface area contributed by atoms with Gasteiger partial charge in [-0.25, -0.2) is 0 Å². The molecule has 0 N–H and O–H groups in total. The Morgan fingerprint density at radius 2 is 1.92 bits per heavy atom. The van der Waals surface area contributed by atoms with Crippen LogP contribution in [0.1, 0.15) is 5.56 Å². The maximum absolute atomic E-state index is 5.64. The second-order valence-corrected chi connectivity index (χ2v) is 2.89. The van der Waals surface area contributed by atoms with E-state index in [1.807, 2.05) is 24.3 Å². The molecule has 0 unspecified atom stereocenters. The van der Waals surface area contributed by atoms with Crippen LogP contribution >= 0.6 is 11.6 Å². The third-order valence-electron chi connectivity index (χ3n) is 1.55. The SMILES string of the molecule is BCCOc1ccc(CCl)cc1. The van der Waals surface area contributed by atoms with E-state index in [4.69, 9.17) is 16.3 Å². The molecule has 64 valence electrons. The Morgan fingerprint density at radius 3 is 2.42 bits per heavy atom. The minimum absolute atomic E-state index is 0.564. The number of hydrogen-bond donors (Lipinski definition) is 0. The minimum Gasteiger partial charge on any atom is -0.494 e. The molecule has 1 nitrogen and oxygen atoms in total. The second-order valence-electron chi connectivity index (χ2n) is 2.63. The lowest BCUT2D eigenvalue weighted by atomic mass is 10.1. The maximum atomic E-state index is 5.64. The molecule has 0 aliphatic heterocycles. The first kappa shape index (κ1) is 9.46. The molecule has 1 rings (SSSR count). The fraction of sp³-hybridized carbons (Fsp3) is 0.333. The highest BCUT2D eigenvalue weighted by molar-refractivity contribution is 6.17. The quantitative estimate of drug-likeness (QED) is 0.510. The molecule has 0 aliphatic carbocycles. The number of hydrogen-bond acceptors (Lipinski definition) is 1. The van der Waals surface area contributed by atoms with Crippen molar-refractivity contribution < 1.29 is 4.74 Å². The highest BCUT2D eigenvalue weighted by Gasteiger charge is 1.92. The van der Waals surface area contributed by atoms with Crippen LogP contribution in [-0.4, -0.2) is 14.5 Å². The topological polar surface area (TPSA) is 9.23 Å². The van der Waals surface area contributed by atoms with Crippen molar-refractivity contribution in [3.63, 3.8) is 0 Å². The van der Waals surface area contributed by atoms with Gasteiger partial charge in [0.1, 0.15) is 13.6 Å². The molecule has 0 aromatic heterocycles. The summed E-state index contributed by atoms with van der Waals surface area (Å²) in [5, 5.41) is 0. The molecule has 0 saturated heterocycles. The lowest BCUT2D eigenvalue weighted by molar-refractivity contribution is 0.340. The Bertz CT molecular complexity index is 222. The Labute approximate surface area is 79.1 Å². The zero-order chi connectivity index (χ0) is 8.81. The van der Waals surface area contributed by atoms with E-state index in [2.05, 4.69) is 7.85 Å². The van der Waals surface area contributed by atoms with E-state index in [1.165, 1.54) is 0 Å². The first-order valence-electron chi connectivity index (χ1n) is 4.14. The van der Waals surface area contributed by atoms with Crippen LogP contribution in [-0.2, 0) is 5.88 Å². The van der Waals surface area contributed by atoms with Crippen LogP contribution in [0.25, 0.3) is 0 Å². The van der Waals surface area contributed by atoms with E-state index in [1.54, 1.807) is 0 Å². The predicted molar refractivity (Wildman–Crippen MR) is 54.8 cm³/mol. The lowest BCUT2D eigenvalue weighted by Gasteiger charge is -2.03. The first-order valence-corrected chi connectivity index (χ1v) is 4.68. The Morgan fingerprint density at radius 1 is 1.25 bits per heavy atom. The molecule has 0 atom stereocenters. The van der Waals surface area contributed by atoms with Gasteiger partial charge in [0.15, 0.2) is 0 Å². The summed E-state index contributed by atoms with van der Waals surface area (Å²) < 4.78 is 5.41. The summed E-state index contributed by atoms with van der Waals surface area (Å²) in [7, 11) is 2.09. The van der Waals surface area contributed by atoms with Crippen LogP contribution in [0, 0.1) is 0 Å². The molecule has 0 fully saturated rings. The zero-order valence-electron chi connectivity index (χ0n) is 7.22. The third kappa shape index (κ3) is 2.78. The van der Waals surface area contributed by atoms with Gasteiger partial charge in [-0.1, -0.05) is 12.1 Å². The van der Waals surface area contributed by atoms with E-state index in [0.717, 1.165) is 24.2 Å². The van der Waals surface area contributed by atoms with Crippen LogP contribution in [0.2, 0.25) is 6.32 Å². The lowest BCUT2D eigenvalue weighted by Crippen LogP contribution is -1.95. The molecule has 0 heterocycles. The summed E-state index contributed by atoms with van der Waals surface area (Å²) in [6.07, 6.45) is 1.04. The van der Waals surface area contributed by atoms with Crippen LogP contribution in [0.4, 0.5) is 0 Å². The fourth-order valence-corrected chi connectivity index (χ4v) is 1.07. The van der Waals surface area contributed by atoms with Gasteiger partial charge in [0, 0.05) is 5.88 Å². The van der Waals surface area contributed by atoms with Gasteiger partial charge in [0.25, 0.3) is 0 Å². The average Bonchev–Trinajstić information content (AvgIpc) is 2.15. The maximum Gasteiger partial charge on any atom is 0.119 e. The summed E-state index contributed by atoms with van der Waals surface area (Å²) >= 11 is 5.64. The minimum atomic E-state index is 0.564. The molecule has 0 bridgehead atoms. The molecule has 1 aromatic carbocycles. The molecule has 0 amide bonds. The molecule has 0 radical (unpaired) electrons. The highest BCUT2D eigenvalue weighted by atomic mass is 35.5. The van der Waals surface area contributed by atoms with Gasteiger partial charge in [0.2, 0.25) is 0 Å². The zero-order valence-corrected chi connectivity index (χ0v) is 7.97. The van der Waals surface area contributed by atoms with Gasteiger partial charge in [-0.3, -0.25) is 0 Å². The van der Waals surface area contributed by atoms with Crippen LogP contribution in [0.5, 0.6) is 5.75 Å². The predicted octanol–water partition coefficient (Wildman–Crippen LogP) is 1.86. The standard InChI is InChI=1S/C9H12BClO/c10-5-6-12-9-3-1-8(7-11)2-4-9/h1-4H,5-7,10H2. The number of halogens is 1. The Balaban J connectivity index is 2.53. The van der Waals surface area contributed by atoms with Crippen molar-refractivity contribution >= 4 is 19.4 Å². The summed E-state index contributed by atoms with van der Waals surface area (Å²) in [6.45, 7) is 0.778. The number of rotatable bonds is 4. The van der Waals surface area contributed by atoms with Gasteiger partial charge in [-0.15, -0.1) is 11.6 Å². The van der Waals surface area contributed by atoms with Crippen molar-refractivity contribution in [2.24, 2.45) is 0 Å². The van der Waals surface area contributed by atoms with E-state index in [9.17, 15) is 0 Å². The van der Waals surface area contributed by atoms with Crippen LogP contribution < -0.4 is 4.74 Å². The van der Waals surface area contributed by atoms with Crippen molar-refractivity contribution in [1.82, 2.24) is 0 Å². The molecule has 1 aromatic rings. The van der Waals surface area contributed by atoms with Gasteiger partial charge in [0.05, 0.1) is 6.61 Å². The summed E-state index contributed by atoms with van der Waals surface area (Å²) in [5.41, 5.74) is 1.13. The normalized spacial score (nSPS) is 9.75. The molecule has 12 heavy (non-hydrogen) atoms. The Kier molecular flexibility index (Phi) is 4.02. The summed E-state index contributed by atoms with van der Waals surface area (Å²) in [4.78, 5) is 0. The van der Waals surface area contributed by atoms with Gasteiger partial charge in [-0.05, 0) is 24.0 Å². The van der Waals surface area contributed by atoms with Gasteiger partial charge in [-0.2, -0.15) is 0 Å². The average molecular weight is 182 g/mol. The van der Waals surface area contributed by atoms with Crippen molar-refractivity contribution in [2.45, 2.75) is 12.2 Å². The van der Waals surface area contributed by atoms with E-state index < -0.39 is 0 Å². The summed E-state index contributed by atoms with van der Waals surface area (Å²) in [6, 6.07) is 7.87. The Hall–Kier alpha value is -0.625. The van der Waals surface area contributed by atoms with Crippen molar-refractivity contribution in [2.75, 3.05) is 6.61 Å². The molecule has 0 saturated carbocycles. The van der Waals surface area contributed by atoms with E-state index >= 15 is 0 Å². The van der Waals surface area contributed by atoms with Crippen molar-refractivity contribution in [1.29, 1.82) is 0 Å². The monoisotopic (exact) mass is 182 g/mol. The van der Waals surface area contributed by atoms with Crippen LogP contribution in [0.3, 0.4) is 0 Å². The van der Waals surface area contributed by atoms with E-state index in [0.29, 0.717) is 5.88 Å². The molecular weight excluding hydrogens is 170 g/mol. The first-order chi connectivity index (χ1) is 5.86. The van der Waals surface area contributed by atoms with Crippen LogP contribution in [0.15, 0.2) is 24.3 Å². The third-order valence-corrected chi connectivity index (χ3v) is 1.86. The van der Waals surface area contributed by atoms with Crippen molar-refractivity contribution in [3.8, 4) is 5.75 Å². The summed E-state index contributed by atoms with van der Waals surface area (Å²) in [5.74, 6) is 1.49. The molecular formula is C9H12BClO. The number of benzene rings is 1. The van der Waals surface area contributed by atoms with Crippen molar-refractivity contribution in [3.05, 3.63) is 29.8 Å². The fourth-order valence-electron chi connectivity index (χ4n) is 0.895. The second kappa shape index (κ2) is 5.10. The molecule has 0 aliphatic rings. The van der Waals surface area contributed by atoms with Gasteiger partial charge < -0.3 is 4.74 Å². The van der Waals surface area contributed by atoms with E-state index in [-0.39, 0.29) is 0 Å². The highest BCUT2D eigenvalue weighted by Crippen LogP contribution is 2.13. The molecule has 0 spiro atoms. The molecule has 3 heteroatoms.